The fourth-order valence-corrected chi connectivity index (χ4v) is 13.9. The summed E-state index contributed by atoms with van der Waals surface area (Å²) >= 11 is 0. The van der Waals surface area contributed by atoms with Gasteiger partial charge in [0.15, 0.2) is 5.60 Å². The number of hydrogen-bond donors (Lipinski definition) is 0. The molecule has 3 aliphatic carbocycles. The number of ether oxygens (including phenoxy) is 5. The van der Waals surface area contributed by atoms with Crippen LogP contribution in [0.5, 0.6) is 28.7 Å². The number of allylic oxidation sites excluding steroid dienone is 1. The first-order chi connectivity index (χ1) is 37.2. The van der Waals surface area contributed by atoms with Crippen LogP contribution in [0.1, 0.15) is 126 Å². The summed E-state index contributed by atoms with van der Waals surface area (Å²) in [5.41, 5.74) is 2.78. The van der Waals surface area contributed by atoms with Crippen molar-refractivity contribution < 1.29 is 41.7 Å². The Kier molecular flexibility index (Phi) is 14.5. The van der Waals surface area contributed by atoms with Crippen molar-refractivity contribution in [1.29, 1.82) is 0 Å². The van der Waals surface area contributed by atoms with Gasteiger partial charge in [-0.05, 0) is 151 Å². The summed E-state index contributed by atoms with van der Waals surface area (Å²) in [5, 5.41) is 1.30. The smallest absolute Gasteiger partial charge is 0.417 e. The molecule has 77 heavy (non-hydrogen) atoms. The molecule has 6 aromatic carbocycles. The third-order valence-corrected chi connectivity index (χ3v) is 18.2. The van der Waals surface area contributed by atoms with E-state index in [-0.39, 0.29) is 23.2 Å². The fraction of sp³-hybridized carbons (Fsp3) is 0.439. The van der Waals surface area contributed by atoms with E-state index in [4.69, 9.17) is 23.7 Å². The summed E-state index contributed by atoms with van der Waals surface area (Å²) < 4.78 is 79.5. The molecule has 3 fully saturated rings. The van der Waals surface area contributed by atoms with Gasteiger partial charge < -0.3 is 33.5 Å². The molecule has 2 saturated carbocycles. The van der Waals surface area contributed by atoms with Gasteiger partial charge in [0.25, 0.3) is 0 Å². The van der Waals surface area contributed by atoms with Crippen LogP contribution in [-0.2, 0) is 15.8 Å². The maximum atomic E-state index is 16.3. The number of methoxy groups -OCH3 is 3. The zero-order valence-corrected chi connectivity index (χ0v) is 45.6. The monoisotopic (exact) mass is 1050 g/mol. The normalized spacial score (nSPS) is 21.5. The molecule has 1 saturated heterocycles. The lowest BCUT2D eigenvalue weighted by atomic mass is 9.68. The number of hydrogen-bond acceptors (Lipinski definition) is 8. The van der Waals surface area contributed by atoms with Gasteiger partial charge in [-0.3, -0.25) is 4.79 Å². The standard InChI is InChI=1S/C66H73F3N2O6/c1-7-8-9-12-42-15-17-43(18-16-42)44-19-21-45(22-20-44)63(72)76-51-33-27-48(28-34-51)70-35-37-71(38-36-70)57-39-53-54(40-58(57)75-6)62-60(61-59(53)52-13-10-11-14-55(52)64(61,2)3)56(66(67,68)69)41-65(77-62,46-23-29-49(73-4)30-24-46)47-25-31-50(74-5)32-26-47/h10-11,13-14,23-34,39-45H,7-9,12,15-22,35-38H2,1-6H3/t42-,43-,44-,45-. The fourth-order valence-electron chi connectivity index (χ4n) is 13.9. The second-order valence-corrected chi connectivity index (χ2v) is 22.8. The van der Waals surface area contributed by atoms with Crippen LogP contribution in [0.25, 0.3) is 27.5 Å². The molecule has 11 rings (SSSR count). The minimum Gasteiger partial charge on any atom is -0.497 e. The van der Waals surface area contributed by atoms with Crippen molar-refractivity contribution in [2.24, 2.45) is 23.7 Å². The lowest BCUT2D eigenvalue weighted by molar-refractivity contribution is -0.140. The molecule has 0 amide bonds. The van der Waals surface area contributed by atoms with Gasteiger partial charge in [-0.1, -0.05) is 108 Å². The molecule has 0 atom stereocenters. The van der Waals surface area contributed by atoms with E-state index in [1.54, 1.807) is 69.9 Å². The molecule has 6 aromatic rings. The number of benzene rings is 6. The highest BCUT2D eigenvalue weighted by Crippen LogP contribution is 2.62. The summed E-state index contributed by atoms with van der Waals surface area (Å²) in [7, 11) is 4.72. The van der Waals surface area contributed by atoms with E-state index in [0.717, 1.165) is 76.9 Å². The van der Waals surface area contributed by atoms with E-state index in [9.17, 15) is 4.79 Å². The Balaban J connectivity index is 0.866. The third kappa shape index (κ3) is 9.79. The van der Waals surface area contributed by atoms with Gasteiger partial charge in [-0.25, -0.2) is 0 Å². The van der Waals surface area contributed by atoms with Crippen LogP contribution in [0.4, 0.5) is 24.5 Å². The van der Waals surface area contributed by atoms with Crippen LogP contribution in [0.2, 0.25) is 0 Å². The number of alkyl halides is 3. The molecular weight excluding hydrogens is 974 g/mol. The molecule has 0 unspecified atom stereocenters. The summed E-state index contributed by atoms with van der Waals surface area (Å²) in [6.45, 7) is 9.04. The van der Waals surface area contributed by atoms with Crippen LogP contribution in [0.15, 0.2) is 115 Å². The highest BCUT2D eigenvalue weighted by molar-refractivity contribution is 6.11. The molecular formula is C66H73F3N2O6. The van der Waals surface area contributed by atoms with E-state index in [2.05, 4.69) is 22.8 Å². The molecule has 0 spiro atoms. The Morgan fingerprint density at radius 1 is 0.662 bits per heavy atom. The Labute approximate surface area is 452 Å². The molecule has 404 valence electrons. The van der Waals surface area contributed by atoms with Gasteiger partial charge in [-0.15, -0.1) is 0 Å². The second kappa shape index (κ2) is 21.3. The van der Waals surface area contributed by atoms with E-state index >= 15 is 13.2 Å². The van der Waals surface area contributed by atoms with Gasteiger partial charge in [-0.2, -0.15) is 13.2 Å². The number of esters is 1. The van der Waals surface area contributed by atoms with Crippen molar-refractivity contribution in [3.63, 3.8) is 0 Å². The average molecular weight is 1050 g/mol. The Hall–Kier alpha value is -6.62. The van der Waals surface area contributed by atoms with Crippen molar-refractivity contribution in [2.75, 3.05) is 57.3 Å². The third-order valence-electron chi connectivity index (χ3n) is 18.2. The van der Waals surface area contributed by atoms with Crippen LogP contribution in [0, 0.1) is 23.7 Å². The molecule has 2 heterocycles. The number of nitrogens with zero attached hydrogens (tertiary/aromatic N) is 2. The predicted molar refractivity (Wildman–Crippen MR) is 301 cm³/mol. The van der Waals surface area contributed by atoms with Crippen LogP contribution in [0.3, 0.4) is 0 Å². The Bertz CT molecular complexity index is 3080. The minimum absolute atomic E-state index is 0.0333. The quantitative estimate of drug-likeness (QED) is 0.0607. The van der Waals surface area contributed by atoms with Crippen molar-refractivity contribution in [3.8, 4) is 39.9 Å². The van der Waals surface area contributed by atoms with Gasteiger partial charge in [0, 0.05) is 59.4 Å². The Morgan fingerprint density at radius 2 is 1.25 bits per heavy atom. The van der Waals surface area contributed by atoms with E-state index in [1.165, 1.54) is 57.4 Å². The SMILES string of the molecule is CCCCC[C@H]1CC[C@H]([C@H]2CC[C@H](C(=O)Oc3ccc(N4CCN(c5cc6c7c(c8c(c6cc5OC)OC(c5ccc(OC)cc5)(c5ccc(OC)cc5)C=C8C(F)(F)F)C(C)(C)c5ccccc5-7)CC4)cc3)CC2)CC1. The number of carbonyl (C=O) groups is 1. The second-order valence-electron chi connectivity index (χ2n) is 22.8. The summed E-state index contributed by atoms with van der Waals surface area (Å²) in [5.74, 6) is 4.71. The lowest BCUT2D eigenvalue weighted by Crippen LogP contribution is -2.46. The molecule has 0 radical (unpaired) electrons. The maximum absolute atomic E-state index is 16.3. The zero-order valence-electron chi connectivity index (χ0n) is 45.6. The first-order valence-corrected chi connectivity index (χ1v) is 28.2. The molecule has 5 aliphatic rings. The maximum Gasteiger partial charge on any atom is 0.417 e. The molecule has 0 aromatic heterocycles. The van der Waals surface area contributed by atoms with Gasteiger partial charge in [0.05, 0.1) is 38.5 Å². The minimum atomic E-state index is -4.78. The average Bonchev–Trinajstić information content (AvgIpc) is 3.85. The predicted octanol–water partition coefficient (Wildman–Crippen LogP) is 15.9. The van der Waals surface area contributed by atoms with E-state index < -0.39 is 22.8 Å². The number of piperazine rings is 1. The first kappa shape index (κ1) is 52.4. The van der Waals surface area contributed by atoms with Crippen LogP contribution >= 0.6 is 0 Å². The van der Waals surface area contributed by atoms with E-state index in [0.29, 0.717) is 71.3 Å². The van der Waals surface area contributed by atoms with Gasteiger partial charge >= 0.3 is 12.1 Å². The number of carbonyl (C=O) groups excluding carboxylic acids is 1. The molecule has 11 heteroatoms. The topological polar surface area (TPSA) is 69.7 Å². The molecule has 2 aliphatic heterocycles. The number of rotatable bonds is 14. The summed E-state index contributed by atoms with van der Waals surface area (Å²) in [6.07, 6.45) is 11.5. The number of halogens is 3. The molecule has 8 nitrogen and oxygen atoms in total. The number of unbranched alkanes of at least 4 members (excludes halogenated alkanes) is 2. The van der Waals surface area contributed by atoms with Crippen molar-refractivity contribution in [2.45, 2.75) is 115 Å². The van der Waals surface area contributed by atoms with Gasteiger partial charge in [0.2, 0.25) is 0 Å². The van der Waals surface area contributed by atoms with Crippen LogP contribution in [-0.4, -0.2) is 59.7 Å². The zero-order chi connectivity index (χ0) is 53.6. The first-order valence-electron chi connectivity index (χ1n) is 28.2. The highest BCUT2D eigenvalue weighted by Gasteiger charge is 2.52. The Morgan fingerprint density at radius 3 is 1.83 bits per heavy atom. The highest BCUT2D eigenvalue weighted by atomic mass is 19.4. The lowest BCUT2D eigenvalue weighted by Gasteiger charge is -2.41. The van der Waals surface area contributed by atoms with Crippen LogP contribution < -0.4 is 33.5 Å². The van der Waals surface area contributed by atoms with E-state index in [1.807, 2.05) is 68.4 Å². The van der Waals surface area contributed by atoms with Crippen molar-refractivity contribution >= 4 is 33.7 Å². The van der Waals surface area contributed by atoms with Gasteiger partial charge in [0.1, 0.15) is 28.7 Å². The molecule has 0 N–H and O–H groups in total. The largest absolute Gasteiger partial charge is 0.497 e. The summed E-state index contributed by atoms with van der Waals surface area (Å²) in [4.78, 5) is 18.1. The summed E-state index contributed by atoms with van der Waals surface area (Å²) in [6, 6.07) is 33.9. The van der Waals surface area contributed by atoms with Crippen molar-refractivity contribution in [1.82, 2.24) is 0 Å². The number of fused-ring (bicyclic) bond motifs is 8. The van der Waals surface area contributed by atoms with Crippen molar-refractivity contribution in [3.05, 3.63) is 143 Å². The number of anilines is 2. The molecule has 0 bridgehead atoms.